The molecule has 0 spiro atoms. The van der Waals surface area contributed by atoms with E-state index in [0.29, 0.717) is 40.9 Å². The number of hydrogen-bond acceptors (Lipinski definition) is 10. The first kappa shape index (κ1) is 32.3. The molecule has 1 saturated carbocycles. The average Bonchev–Trinajstić information content (AvgIpc) is 3.51. The van der Waals surface area contributed by atoms with Crippen molar-refractivity contribution >= 4 is 56.9 Å². The average molecular weight is 724 g/mol. The molecule has 9 rings (SSSR count). The number of alkyl carbamates (subject to hydrolysis) is 1. The zero-order valence-corrected chi connectivity index (χ0v) is 30.0. The standard InChI is InChI=1S/C37H38ClN9O3S/c1-22-20-51-35(41-22)37(21-40-36(48)50-19-23-8-4-3-5-9-23)26-13-14-46(18-27(26)37)29-16-39-33-32(24-11-12-28-25(31(24)38)17-45(2)43-28)44-47(34(33)42-29)30-10-6-7-15-49-30/h3-5,8-9,11-12,16-17,20,26-27,30H,6-7,10,13-15,18-19,21H2,1-2H3,(H,40,48)/t26-,27+,30?,37+/m1/s1. The highest BCUT2D eigenvalue weighted by Crippen LogP contribution is 2.64. The number of aromatic nitrogens is 7. The maximum absolute atomic E-state index is 12.9. The minimum atomic E-state index is -0.417. The number of aryl methyl sites for hydroxylation is 2. The van der Waals surface area contributed by atoms with Crippen molar-refractivity contribution in [1.82, 2.24) is 39.8 Å². The van der Waals surface area contributed by atoms with Gasteiger partial charge in [0.25, 0.3) is 0 Å². The Kier molecular flexibility index (Phi) is 8.16. The predicted octanol–water partition coefficient (Wildman–Crippen LogP) is 6.82. The van der Waals surface area contributed by atoms with Crippen LogP contribution in [0.25, 0.3) is 33.3 Å². The van der Waals surface area contributed by atoms with Gasteiger partial charge in [0.15, 0.2) is 11.9 Å². The first-order valence-electron chi connectivity index (χ1n) is 17.5. The highest BCUT2D eigenvalue weighted by molar-refractivity contribution is 7.09. The number of carbonyl (C=O) groups excluding carboxylic acids is 1. The van der Waals surface area contributed by atoms with Crippen LogP contribution in [0.1, 0.15) is 48.2 Å². The lowest BCUT2D eigenvalue weighted by Crippen LogP contribution is -2.35. The molecule has 51 heavy (non-hydrogen) atoms. The number of amides is 1. The summed E-state index contributed by atoms with van der Waals surface area (Å²) >= 11 is 8.68. The van der Waals surface area contributed by atoms with E-state index in [1.807, 2.05) is 73.5 Å². The quantitative estimate of drug-likeness (QED) is 0.180. The number of carbonyl (C=O) groups is 1. The van der Waals surface area contributed by atoms with Crippen LogP contribution >= 0.6 is 22.9 Å². The van der Waals surface area contributed by atoms with Crippen molar-refractivity contribution in [3.8, 4) is 11.3 Å². The minimum absolute atomic E-state index is 0.228. The Morgan fingerprint density at radius 3 is 2.80 bits per heavy atom. The van der Waals surface area contributed by atoms with Crippen LogP contribution in [0.5, 0.6) is 0 Å². The third-order valence-corrected chi connectivity index (χ3v) is 12.3. The normalized spacial score (nSPS) is 23.0. The number of halogens is 1. The topological polar surface area (TPSA) is 125 Å². The van der Waals surface area contributed by atoms with Gasteiger partial charge in [-0.05, 0) is 62.1 Å². The van der Waals surface area contributed by atoms with Crippen molar-refractivity contribution in [3.05, 3.63) is 81.5 Å². The molecular formula is C37H38ClN9O3S. The molecule has 6 aromatic rings. The van der Waals surface area contributed by atoms with Crippen LogP contribution in [0.3, 0.4) is 0 Å². The summed E-state index contributed by atoms with van der Waals surface area (Å²) < 4.78 is 15.5. The Hall–Kier alpha value is -4.59. The molecule has 12 nitrogen and oxygen atoms in total. The molecule has 14 heteroatoms. The maximum Gasteiger partial charge on any atom is 0.407 e. The van der Waals surface area contributed by atoms with Crippen LogP contribution in [-0.4, -0.2) is 66.8 Å². The molecular weight excluding hydrogens is 686 g/mol. The van der Waals surface area contributed by atoms with E-state index in [1.165, 1.54) is 0 Å². The van der Waals surface area contributed by atoms with E-state index in [-0.39, 0.29) is 24.2 Å². The van der Waals surface area contributed by atoms with Gasteiger partial charge < -0.3 is 19.7 Å². The Morgan fingerprint density at radius 2 is 2.00 bits per heavy atom. The fourth-order valence-corrected chi connectivity index (χ4v) is 9.54. The number of piperidine rings is 1. The van der Waals surface area contributed by atoms with Gasteiger partial charge in [-0.3, -0.25) is 4.68 Å². The largest absolute Gasteiger partial charge is 0.445 e. The summed E-state index contributed by atoms with van der Waals surface area (Å²) in [6.07, 6.45) is 7.00. The number of anilines is 1. The third-order valence-electron chi connectivity index (χ3n) is 10.7. The summed E-state index contributed by atoms with van der Waals surface area (Å²) in [5.41, 5.74) is 5.34. The molecule has 1 unspecified atom stereocenters. The van der Waals surface area contributed by atoms with Crippen molar-refractivity contribution in [3.63, 3.8) is 0 Å². The molecule has 4 aromatic heterocycles. The highest BCUT2D eigenvalue weighted by Gasteiger charge is 2.68. The number of nitrogens with zero attached hydrogens (tertiary/aromatic N) is 8. The molecule has 1 aliphatic carbocycles. The molecule has 2 aliphatic heterocycles. The second-order valence-electron chi connectivity index (χ2n) is 13.9. The smallest absolute Gasteiger partial charge is 0.407 e. The SMILES string of the molecule is Cc1csc([C@@]2(CNC(=O)OCc3ccccc3)[C@@H]3CCN(c4cnc5c(-c6ccc7nn(C)cc7c6Cl)nn(C6CCCCO6)c5n4)C[C@@H]32)n1. The molecule has 3 fully saturated rings. The number of hydrogen-bond donors (Lipinski definition) is 1. The Bertz CT molecular complexity index is 2250. The zero-order valence-electron chi connectivity index (χ0n) is 28.5. The van der Waals surface area contributed by atoms with Crippen LogP contribution in [-0.2, 0) is 28.5 Å². The lowest BCUT2D eigenvalue weighted by molar-refractivity contribution is -0.0368. The van der Waals surface area contributed by atoms with E-state index in [9.17, 15) is 4.79 Å². The van der Waals surface area contributed by atoms with Crippen molar-refractivity contribution in [2.24, 2.45) is 18.9 Å². The molecule has 4 atom stereocenters. The summed E-state index contributed by atoms with van der Waals surface area (Å²) in [7, 11) is 1.89. The fourth-order valence-electron chi connectivity index (χ4n) is 8.11. The van der Waals surface area contributed by atoms with Crippen molar-refractivity contribution in [1.29, 1.82) is 0 Å². The predicted molar refractivity (Wildman–Crippen MR) is 196 cm³/mol. The monoisotopic (exact) mass is 723 g/mol. The number of thiazole rings is 1. The van der Waals surface area contributed by atoms with Gasteiger partial charge in [0.05, 0.1) is 16.7 Å². The number of ether oxygens (including phenoxy) is 2. The van der Waals surface area contributed by atoms with E-state index in [2.05, 4.69) is 20.7 Å². The van der Waals surface area contributed by atoms with E-state index >= 15 is 0 Å². The first-order valence-corrected chi connectivity index (χ1v) is 18.8. The van der Waals surface area contributed by atoms with Crippen molar-refractivity contribution in [2.75, 3.05) is 31.1 Å². The Balaban J connectivity index is 1.01. The van der Waals surface area contributed by atoms with E-state index in [0.717, 1.165) is 77.3 Å². The van der Waals surface area contributed by atoms with Crippen LogP contribution in [0.4, 0.5) is 10.6 Å². The number of rotatable bonds is 8. The summed E-state index contributed by atoms with van der Waals surface area (Å²) in [5.74, 6) is 1.48. The summed E-state index contributed by atoms with van der Waals surface area (Å²) in [6.45, 7) is 4.99. The highest BCUT2D eigenvalue weighted by atomic mass is 35.5. The lowest BCUT2D eigenvalue weighted by atomic mass is 10.0. The van der Waals surface area contributed by atoms with E-state index in [4.69, 9.17) is 41.1 Å². The molecule has 0 radical (unpaired) electrons. The maximum atomic E-state index is 12.9. The number of fused-ring (bicyclic) bond motifs is 3. The van der Waals surface area contributed by atoms with Crippen LogP contribution < -0.4 is 10.2 Å². The van der Waals surface area contributed by atoms with Crippen molar-refractivity contribution < 1.29 is 14.3 Å². The van der Waals surface area contributed by atoms with Gasteiger partial charge in [-0.1, -0.05) is 41.9 Å². The molecule has 6 heterocycles. The minimum Gasteiger partial charge on any atom is -0.445 e. The zero-order chi connectivity index (χ0) is 34.7. The number of nitrogens with one attached hydrogen (secondary N) is 1. The summed E-state index contributed by atoms with van der Waals surface area (Å²) in [4.78, 5) is 30.4. The Labute approximate surface area is 303 Å². The van der Waals surface area contributed by atoms with Gasteiger partial charge in [-0.2, -0.15) is 10.2 Å². The molecule has 2 saturated heterocycles. The molecule has 262 valence electrons. The molecule has 3 aliphatic rings. The van der Waals surface area contributed by atoms with Gasteiger partial charge in [-0.25, -0.2) is 24.4 Å². The lowest BCUT2D eigenvalue weighted by Gasteiger charge is -2.27. The molecule has 1 N–H and O–H groups in total. The van der Waals surface area contributed by atoms with Gasteiger partial charge in [0.2, 0.25) is 0 Å². The second-order valence-corrected chi connectivity index (χ2v) is 15.1. The van der Waals surface area contributed by atoms with Crippen molar-refractivity contribution in [2.45, 2.75) is 50.9 Å². The molecule has 1 amide bonds. The Morgan fingerprint density at radius 1 is 1.12 bits per heavy atom. The fraction of sp³-hybridized carbons (Fsp3) is 0.405. The second kappa shape index (κ2) is 12.9. The molecule has 0 bridgehead atoms. The van der Waals surface area contributed by atoms with Gasteiger partial charge >= 0.3 is 6.09 Å². The van der Waals surface area contributed by atoms with Crippen LogP contribution in [0.15, 0.2) is 60.2 Å². The summed E-state index contributed by atoms with van der Waals surface area (Å²) in [5, 5.41) is 17.3. The van der Waals surface area contributed by atoms with E-state index < -0.39 is 6.09 Å². The summed E-state index contributed by atoms with van der Waals surface area (Å²) in [6, 6.07) is 13.6. The van der Waals surface area contributed by atoms with Gasteiger partial charge in [0.1, 0.15) is 28.6 Å². The first-order chi connectivity index (χ1) is 24.9. The number of benzene rings is 2. The van der Waals surface area contributed by atoms with Crippen LogP contribution in [0.2, 0.25) is 5.02 Å². The van der Waals surface area contributed by atoms with E-state index in [1.54, 1.807) is 16.0 Å². The molecule has 2 aromatic carbocycles. The third kappa shape index (κ3) is 5.71. The van der Waals surface area contributed by atoms with Crippen LogP contribution in [0, 0.1) is 18.8 Å². The van der Waals surface area contributed by atoms with Gasteiger partial charge in [0, 0.05) is 66.9 Å². The van der Waals surface area contributed by atoms with Gasteiger partial charge in [-0.15, -0.1) is 11.3 Å².